The minimum absolute atomic E-state index is 0.00360. The van der Waals surface area contributed by atoms with Gasteiger partial charge in [0, 0.05) is 11.6 Å². The number of nitrogens with zero attached hydrogens (tertiary/aromatic N) is 3. The van der Waals surface area contributed by atoms with E-state index < -0.39 is 11.6 Å². The Morgan fingerprint density at radius 2 is 1.91 bits per heavy atom. The molecule has 2 saturated carbocycles. The van der Waals surface area contributed by atoms with E-state index in [-0.39, 0.29) is 39.2 Å². The zero-order chi connectivity index (χ0) is 22.9. The lowest BCUT2D eigenvalue weighted by atomic mass is 10.1. The van der Waals surface area contributed by atoms with Gasteiger partial charge in [-0.2, -0.15) is 0 Å². The fourth-order valence-electron chi connectivity index (χ4n) is 3.81. The summed E-state index contributed by atoms with van der Waals surface area (Å²) >= 11 is 12.7. The number of amides is 3. The number of aromatic nitrogens is 2. The molecule has 1 aromatic rings. The first-order valence-corrected chi connectivity index (χ1v) is 11.1. The van der Waals surface area contributed by atoms with Crippen LogP contribution in [0, 0.1) is 5.92 Å². The molecule has 32 heavy (non-hydrogen) atoms. The smallest absolute Gasteiger partial charge is 0.272 e. The van der Waals surface area contributed by atoms with Crippen molar-refractivity contribution in [2.24, 2.45) is 5.92 Å². The summed E-state index contributed by atoms with van der Waals surface area (Å²) in [6.07, 6.45) is 8.39. The Morgan fingerprint density at radius 1 is 1.25 bits per heavy atom. The molecule has 2 heterocycles. The summed E-state index contributed by atoms with van der Waals surface area (Å²) in [7, 11) is 0. The predicted octanol–water partition coefficient (Wildman–Crippen LogP) is 2.61. The summed E-state index contributed by atoms with van der Waals surface area (Å²) in [6.45, 7) is 1.70. The van der Waals surface area contributed by atoms with E-state index in [1.165, 1.54) is 12.4 Å². The molecule has 2 aliphatic carbocycles. The standard InChI is InChI=1S/C20H23Cl2N7O3/c1-11(25-16-14(22)17(24-9-23-16)26-18(31)12-4-5-12)8-13(21)15-19(32)27-20(6-2-3-7-20)28-29(15)10-30/h8-10,12,28H,2-7H2,1H3,(H,27,32)(H2,23,24,25,26,31)/b11-8+,15-13+. The molecule has 0 atom stereocenters. The summed E-state index contributed by atoms with van der Waals surface area (Å²) in [5, 5.41) is 9.94. The molecule has 12 heteroatoms. The largest absolute Gasteiger partial charge is 0.343 e. The van der Waals surface area contributed by atoms with Crippen LogP contribution in [-0.4, -0.2) is 38.9 Å². The Hall–Kier alpha value is -2.69. The second-order valence-electron chi connectivity index (χ2n) is 8.13. The van der Waals surface area contributed by atoms with Gasteiger partial charge in [-0.1, -0.05) is 23.2 Å². The van der Waals surface area contributed by atoms with Gasteiger partial charge in [0.1, 0.15) is 22.7 Å². The highest BCUT2D eigenvalue weighted by atomic mass is 35.5. The third-order valence-electron chi connectivity index (χ3n) is 5.57. The van der Waals surface area contributed by atoms with Gasteiger partial charge in [-0.05, 0) is 51.5 Å². The van der Waals surface area contributed by atoms with Crippen molar-refractivity contribution in [2.75, 3.05) is 10.6 Å². The molecule has 3 aliphatic rings. The molecule has 0 unspecified atom stereocenters. The quantitative estimate of drug-likeness (QED) is 0.364. The fourth-order valence-corrected chi connectivity index (χ4v) is 4.34. The number of hydrogen-bond acceptors (Lipinski definition) is 7. The molecule has 170 valence electrons. The first-order chi connectivity index (χ1) is 15.3. The molecule has 1 spiro atoms. The predicted molar refractivity (Wildman–Crippen MR) is 119 cm³/mol. The number of anilines is 2. The van der Waals surface area contributed by atoms with Crippen molar-refractivity contribution in [1.82, 2.24) is 25.7 Å². The third-order valence-corrected chi connectivity index (χ3v) is 6.22. The maximum atomic E-state index is 12.7. The van der Waals surface area contributed by atoms with Gasteiger partial charge in [0.2, 0.25) is 12.3 Å². The van der Waals surface area contributed by atoms with Crippen LogP contribution in [0.2, 0.25) is 5.02 Å². The number of carbonyl (C=O) groups excluding carboxylic acids is 3. The number of rotatable bonds is 6. The van der Waals surface area contributed by atoms with Crippen molar-refractivity contribution >= 4 is 53.1 Å². The molecule has 3 fully saturated rings. The fraction of sp³-hybridized carbons (Fsp3) is 0.450. The van der Waals surface area contributed by atoms with Gasteiger partial charge in [0.15, 0.2) is 11.6 Å². The van der Waals surface area contributed by atoms with Gasteiger partial charge in [-0.15, -0.1) is 0 Å². The van der Waals surface area contributed by atoms with E-state index in [0.717, 1.165) is 43.5 Å². The maximum absolute atomic E-state index is 12.7. The average Bonchev–Trinajstić information content (AvgIpc) is 3.51. The molecule has 0 aromatic carbocycles. The first kappa shape index (κ1) is 22.5. The number of halogens is 2. The zero-order valence-electron chi connectivity index (χ0n) is 17.4. The minimum atomic E-state index is -0.620. The van der Waals surface area contributed by atoms with Gasteiger partial charge in [0.25, 0.3) is 5.91 Å². The molecule has 1 aliphatic heterocycles. The van der Waals surface area contributed by atoms with Crippen LogP contribution in [0.15, 0.2) is 28.8 Å². The molecule has 10 nitrogen and oxygen atoms in total. The zero-order valence-corrected chi connectivity index (χ0v) is 18.9. The van der Waals surface area contributed by atoms with E-state index in [1.54, 1.807) is 6.92 Å². The molecule has 1 saturated heterocycles. The average molecular weight is 480 g/mol. The number of hydrazine groups is 1. The van der Waals surface area contributed by atoms with Crippen LogP contribution in [0.5, 0.6) is 0 Å². The monoisotopic (exact) mass is 479 g/mol. The van der Waals surface area contributed by atoms with Gasteiger partial charge in [-0.25, -0.2) is 20.4 Å². The lowest BCUT2D eigenvalue weighted by Gasteiger charge is -2.41. The minimum Gasteiger partial charge on any atom is -0.343 e. The van der Waals surface area contributed by atoms with Crippen molar-refractivity contribution in [3.63, 3.8) is 0 Å². The highest BCUT2D eigenvalue weighted by Crippen LogP contribution is 2.34. The lowest BCUT2D eigenvalue weighted by molar-refractivity contribution is -0.134. The van der Waals surface area contributed by atoms with Gasteiger partial charge in [0.05, 0.1) is 5.03 Å². The molecular weight excluding hydrogens is 457 g/mol. The summed E-state index contributed by atoms with van der Waals surface area (Å²) in [5.41, 5.74) is 2.95. The molecule has 0 radical (unpaired) electrons. The molecule has 3 amide bonds. The molecule has 0 bridgehead atoms. The molecule has 4 N–H and O–H groups in total. The van der Waals surface area contributed by atoms with E-state index in [1.807, 2.05) is 0 Å². The molecular formula is C20H23Cl2N7O3. The summed E-state index contributed by atoms with van der Waals surface area (Å²) in [5.74, 6) is -0.0789. The Kier molecular flexibility index (Phi) is 6.36. The Balaban J connectivity index is 1.52. The Bertz CT molecular complexity index is 1020. The summed E-state index contributed by atoms with van der Waals surface area (Å²) < 4.78 is 0. The van der Waals surface area contributed by atoms with Crippen LogP contribution in [0.1, 0.15) is 45.4 Å². The van der Waals surface area contributed by atoms with Crippen molar-refractivity contribution < 1.29 is 14.4 Å². The van der Waals surface area contributed by atoms with Crippen LogP contribution in [-0.2, 0) is 14.4 Å². The van der Waals surface area contributed by atoms with Gasteiger partial charge < -0.3 is 16.0 Å². The van der Waals surface area contributed by atoms with Crippen molar-refractivity contribution in [2.45, 2.75) is 51.1 Å². The lowest BCUT2D eigenvalue weighted by Crippen LogP contribution is -2.68. The summed E-state index contributed by atoms with van der Waals surface area (Å²) in [6, 6.07) is 0. The number of carbonyl (C=O) groups is 3. The molecule has 1 aromatic heterocycles. The van der Waals surface area contributed by atoms with Crippen LogP contribution in [0.25, 0.3) is 0 Å². The second-order valence-corrected chi connectivity index (χ2v) is 8.91. The van der Waals surface area contributed by atoms with Crippen molar-refractivity contribution in [3.8, 4) is 0 Å². The topological polar surface area (TPSA) is 128 Å². The Morgan fingerprint density at radius 3 is 2.53 bits per heavy atom. The van der Waals surface area contributed by atoms with E-state index >= 15 is 0 Å². The van der Waals surface area contributed by atoms with E-state index in [4.69, 9.17) is 23.2 Å². The van der Waals surface area contributed by atoms with Crippen LogP contribution < -0.4 is 21.4 Å². The van der Waals surface area contributed by atoms with E-state index in [2.05, 4.69) is 31.3 Å². The second kappa shape index (κ2) is 9.05. The van der Waals surface area contributed by atoms with Gasteiger partial charge >= 0.3 is 0 Å². The van der Waals surface area contributed by atoms with Gasteiger partial charge in [-0.3, -0.25) is 14.4 Å². The van der Waals surface area contributed by atoms with Crippen molar-refractivity contribution in [3.05, 3.63) is 33.9 Å². The summed E-state index contributed by atoms with van der Waals surface area (Å²) in [4.78, 5) is 44.5. The highest BCUT2D eigenvalue weighted by Gasteiger charge is 2.43. The van der Waals surface area contributed by atoms with Crippen LogP contribution in [0.4, 0.5) is 11.6 Å². The number of hydrogen-bond donors (Lipinski definition) is 4. The first-order valence-electron chi connectivity index (χ1n) is 10.3. The van der Waals surface area contributed by atoms with Crippen LogP contribution >= 0.6 is 23.2 Å². The maximum Gasteiger partial charge on any atom is 0.272 e. The van der Waals surface area contributed by atoms with Crippen molar-refractivity contribution in [1.29, 1.82) is 0 Å². The molecule has 4 rings (SSSR count). The number of nitrogens with one attached hydrogen (secondary N) is 4. The number of allylic oxidation sites excluding steroid dienone is 3. The Labute approximate surface area is 194 Å². The van der Waals surface area contributed by atoms with E-state index in [9.17, 15) is 14.4 Å². The van der Waals surface area contributed by atoms with E-state index in [0.29, 0.717) is 12.1 Å². The highest BCUT2D eigenvalue weighted by molar-refractivity contribution is 6.36. The normalized spacial score (nSPS) is 21.9. The van der Waals surface area contributed by atoms with Crippen LogP contribution in [0.3, 0.4) is 0 Å². The SMILES string of the molecule is C/C(=C\C(Cl)=C1\C(=O)NC2(CCCC2)NN1C=O)Nc1ncnc(NC(=O)C2CC2)c1Cl. The third kappa shape index (κ3) is 4.72.